The Morgan fingerprint density at radius 2 is 1.83 bits per heavy atom. The summed E-state index contributed by atoms with van der Waals surface area (Å²) in [4.78, 5) is 0. The monoisotopic (exact) mass is 326 g/mol. The maximum absolute atomic E-state index is 13.9. The topological polar surface area (TPSA) is 0 Å². The van der Waals surface area contributed by atoms with Crippen molar-refractivity contribution in [3.05, 3.63) is 69.4 Å². The number of aryl methyl sites for hydroxylation is 1. The average Bonchev–Trinajstić information content (AvgIpc) is 2.35. The van der Waals surface area contributed by atoms with Crippen molar-refractivity contribution in [3.8, 4) is 0 Å². The van der Waals surface area contributed by atoms with Crippen LogP contribution >= 0.6 is 27.5 Å². The zero-order valence-electron chi connectivity index (χ0n) is 9.96. The molecule has 0 aliphatic heterocycles. The lowest BCUT2D eigenvalue weighted by molar-refractivity contribution is 0.597. The van der Waals surface area contributed by atoms with Crippen molar-refractivity contribution in [1.82, 2.24) is 0 Å². The van der Waals surface area contributed by atoms with Crippen LogP contribution in [0.3, 0.4) is 0 Å². The van der Waals surface area contributed by atoms with Gasteiger partial charge in [0.15, 0.2) is 0 Å². The van der Waals surface area contributed by atoms with E-state index in [2.05, 4.69) is 15.9 Å². The summed E-state index contributed by atoms with van der Waals surface area (Å²) in [6.45, 7) is 1.75. The molecule has 0 radical (unpaired) electrons. The molecule has 0 amide bonds. The predicted octanol–water partition coefficient (Wildman–Crippen LogP) is 5.42. The van der Waals surface area contributed by atoms with Crippen molar-refractivity contribution in [1.29, 1.82) is 0 Å². The molecule has 0 nitrogen and oxygen atoms in total. The van der Waals surface area contributed by atoms with Gasteiger partial charge in [-0.1, -0.05) is 46.3 Å². The van der Waals surface area contributed by atoms with Crippen LogP contribution in [0.4, 0.5) is 4.39 Å². The predicted molar refractivity (Wildman–Crippen MR) is 77.6 cm³/mol. The molecule has 2 aromatic rings. The van der Waals surface area contributed by atoms with Crippen molar-refractivity contribution in [2.75, 3.05) is 0 Å². The molecule has 0 fully saturated rings. The molecule has 0 spiro atoms. The lowest BCUT2D eigenvalue weighted by Gasteiger charge is -2.12. The van der Waals surface area contributed by atoms with Crippen LogP contribution in [0.15, 0.2) is 46.9 Å². The Morgan fingerprint density at radius 1 is 1.17 bits per heavy atom. The SMILES string of the molecule is Cc1cccc(C(Cl)Cc2ccc(Br)cc2)c1F. The third-order valence-corrected chi connectivity index (χ3v) is 3.81. The highest BCUT2D eigenvalue weighted by Crippen LogP contribution is 2.28. The number of rotatable bonds is 3. The van der Waals surface area contributed by atoms with Crippen LogP contribution in [0.5, 0.6) is 0 Å². The summed E-state index contributed by atoms with van der Waals surface area (Å²) in [6.07, 6.45) is 0.620. The molecule has 0 saturated heterocycles. The fourth-order valence-electron chi connectivity index (χ4n) is 1.85. The largest absolute Gasteiger partial charge is 0.206 e. The average molecular weight is 328 g/mol. The van der Waals surface area contributed by atoms with Crippen molar-refractivity contribution in [2.45, 2.75) is 18.7 Å². The van der Waals surface area contributed by atoms with E-state index in [0.717, 1.165) is 10.0 Å². The molecule has 3 heteroatoms. The van der Waals surface area contributed by atoms with Gasteiger partial charge in [-0.15, -0.1) is 11.6 Å². The molecule has 0 saturated carbocycles. The summed E-state index contributed by atoms with van der Waals surface area (Å²) in [7, 11) is 0. The molecule has 0 aromatic heterocycles. The minimum atomic E-state index is -0.342. The zero-order valence-corrected chi connectivity index (χ0v) is 12.3. The fourth-order valence-corrected chi connectivity index (χ4v) is 2.46. The Labute approximate surface area is 120 Å². The van der Waals surface area contributed by atoms with Gasteiger partial charge in [0.1, 0.15) is 5.82 Å². The van der Waals surface area contributed by atoms with Gasteiger partial charge in [0.2, 0.25) is 0 Å². The maximum atomic E-state index is 13.9. The van der Waals surface area contributed by atoms with Gasteiger partial charge in [0.25, 0.3) is 0 Å². The smallest absolute Gasteiger partial charge is 0.130 e. The molecule has 94 valence electrons. The lowest BCUT2D eigenvalue weighted by atomic mass is 10.0. The van der Waals surface area contributed by atoms with Crippen LogP contribution in [-0.4, -0.2) is 0 Å². The van der Waals surface area contributed by atoms with E-state index in [9.17, 15) is 4.39 Å². The van der Waals surface area contributed by atoms with E-state index in [0.29, 0.717) is 17.5 Å². The first kappa shape index (κ1) is 13.6. The van der Waals surface area contributed by atoms with Crippen LogP contribution in [0.1, 0.15) is 22.1 Å². The van der Waals surface area contributed by atoms with Crippen molar-refractivity contribution >= 4 is 27.5 Å². The minimum absolute atomic E-state index is 0.199. The van der Waals surface area contributed by atoms with Gasteiger partial charge in [0, 0.05) is 10.0 Å². The third-order valence-electron chi connectivity index (χ3n) is 2.89. The summed E-state index contributed by atoms with van der Waals surface area (Å²) in [5.74, 6) is -0.199. The van der Waals surface area contributed by atoms with Gasteiger partial charge in [0.05, 0.1) is 5.38 Å². The second kappa shape index (κ2) is 5.85. The molecule has 0 bridgehead atoms. The quantitative estimate of drug-likeness (QED) is 0.660. The first-order chi connectivity index (χ1) is 8.58. The summed E-state index contributed by atoms with van der Waals surface area (Å²) in [5.41, 5.74) is 2.30. The van der Waals surface area contributed by atoms with Gasteiger partial charge in [-0.3, -0.25) is 0 Å². The van der Waals surface area contributed by atoms with Crippen molar-refractivity contribution in [2.24, 2.45) is 0 Å². The second-order valence-corrected chi connectivity index (χ2v) is 5.72. The highest BCUT2D eigenvalue weighted by atomic mass is 79.9. The molecular formula is C15H13BrClF. The Hall–Kier alpha value is -0.860. The summed E-state index contributed by atoms with van der Waals surface area (Å²) in [6, 6.07) is 13.3. The number of alkyl halides is 1. The van der Waals surface area contributed by atoms with E-state index in [-0.39, 0.29) is 11.2 Å². The Morgan fingerprint density at radius 3 is 2.50 bits per heavy atom. The summed E-state index contributed by atoms with van der Waals surface area (Å²) < 4.78 is 15.0. The van der Waals surface area contributed by atoms with E-state index >= 15 is 0 Å². The van der Waals surface area contributed by atoms with Crippen LogP contribution in [-0.2, 0) is 6.42 Å². The number of hydrogen-bond acceptors (Lipinski definition) is 0. The standard InChI is InChI=1S/C15H13BrClF/c1-10-3-2-4-13(15(10)18)14(17)9-11-5-7-12(16)8-6-11/h2-8,14H,9H2,1H3. The molecule has 0 aliphatic rings. The van der Waals surface area contributed by atoms with E-state index in [1.807, 2.05) is 30.3 Å². The van der Waals surface area contributed by atoms with E-state index in [1.165, 1.54) is 0 Å². The normalized spacial score (nSPS) is 12.4. The molecule has 2 aromatic carbocycles. The van der Waals surface area contributed by atoms with Gasteiger partial charge in [-0.25, -0.2) is 4.39 Å². The van der Waals surface area contributed by atoms with Crippen molar-refractivity contribution in [3.63, 3.8) is 0 Å². The molecule has 18 heavy (non-hydrogen) atoms. The molecule has 2 rings (SSSR count). The maximum Gasteiger partial charge on any atom is 0.130 e. The number of benzene rings is 2. The summed E-state index contributed by atoms with van der Waals surface area (Å²) >= 11 is 9.69. The Bertz CT molecular complexity index is 537. The molecule has 0 aliphatic carbocycles. The number of hydrogen-bond donors (Lipinski definition) is 0. The van der Waals surface area contributed by atoms with E-state index < -0.39 is 0 Å². The lowest BCUT2D eigenvalue weighted by Crippen LogP contribution is -2.00. The molecule has 0 N–H and O–H groups in total. The highest BCUT2D eigenvalue weighted by Gasteiger charge is 2.14. The Kier molecular flexibility index (Phi) is 4.41. The van der Waals surface area contributed by atoms with Crippen LogP contribution in [0.2, 0.25) is 0 Å². The Balaban J connectivity index is 2.19. The van der Waals surface area contributed by atoms with E-state index in [4.69, 9.17) is 11.6 Å². The van der Waals surface area contributed by atoms with Gasteiger partial charge in [-0.05, 0) is 36.6 Å². The summed E-state index contributed by atoms with van der Waals surface area (Å²) in [5, 5.41) is -0.342. The first-order valence-electron chi connectivity index (χ1n) is 5.71. The molecular weight excluding hydrogens is 315 g/mol. The molecule has 0 heterocycles. The van der Waals surface area contributed by atoms with E-state index in [1.54, 1.807) is 19.1 Å². The fraction of sp³-hybridized carbons (Fsp3) is 0.200. The number of halogens is 3. The van der Waals surface area contributed by atoms with Crippen LogP contribution in [0.25, 0.3) is 0 Å². The molecule has 1 unspecified atom stereocenters. The highest BCUT2D eigenvalue weighted by molar-refractivity contribution is 9.10. The van der Waals surface area contributed by atoms with Crippen molar-refractivity contribution < 1.29 is 4.39 Å². The van der Waals surface area contributed by atoms with Gasteiger partial charge >= 0.3 is 0 Å². The minimum Gasteiger partial charge on any atom is -0.206 e. The molecule has 1 atom stereocenters. The zero-order chi connectivity index (χ0) is 13.1. The second-order valence-electron chi connectivity index (χ2n) is 4.28. The van der Waals surface area contributed by atoms with Crippen LogP contribution in [0, 0.1) is 12.7 Å². The van der Waals surface area contributed by atoms with Gasteiger partial charge in [-0.2, -0.15) is 0 Å². The van der Waals surface area contributed by atoms with Crippen LogP contribution < -0.4 is 0 Å². The third kappa shape index (κ3) is 3.12. The van der Waals surface area contributed by atoms with Gasteiger partial charge < -0.3 is 0 Å². The first-order valence-corrected chi connectivity index (χ1v) is 6.94.